The molecule has 7 heteroatoms. The Hall–Kier alpha value is -1.27. The highest BCUT2D eigenvalue weighted by atomic mass is 31.2. The zero-order chi connectivity index (χ0) is 20.3. The Morgan fingerprint density at radius 1 is 0.786 bits per heavy atom. The van der Waals surface area contributed by atoms with E-state index in [1.165, 1.54) is 0 Å². The summed E-state index contributed by atoms with van der Waals surface area (Å²) in [6, 6.07) is 19.9. The summed E-state index contributed by atoms with van der Waals surface area (Å²) < 4.78 is 31.7. The molecular formula is C21H32NO4PSi. The molecule has 0 aliphatic rings. The lowest BCUT2D eigenvalue weighted by atomic mass is 10.4. The Balaban J connectivity index is 2.11. The largest absolute Gasteiger partial charge is 0.500 e. The van der Waals surface area contributed by atoms with Crippen LogP contribution in [0.2, 0.25) is 6.04 Å². The normalized spacial score (nSPS) is 12.2. The molecule has 2 aromatic carbocycles. The van der Waals surface area contributed by atoms with Gasteiger partial charge in [0.2, 0.25) is 7.29 Å². The molecule has 0 radical (unpaired) electrons. The highest BCUT2D eigenvalue weighted by Gasteiger charge is 2.39. The van der Waals surface area contributed by atoms with Gasteiger partial charge in [0, 0.05) is 43.0 Å². The van der Waals surface area contributed by atoms with Crippen LogP contribution in [0.3, 0.4) is 0 Å². The molecule has 0 saturated carbocycles. The van der Waals surface area contributed by atoms with Gasteiger partial charge in [0.1, 0.15) is 0 Å². The second kappa shape index (κ2) is 11.7. The first kappa shape index (κ1) is 23.0. The van der Waals surface area contributed by atoms with Crippen molar-refractivity contribution >= 4 is 26.7 Å². The van der Waals surface area contributed by atoms with Crippen LogP contribution in [-0.2, 0) is 17.8 Å². The molecule has 154 valence electrons. The van der Waals surface area contributed by atoms with E-state index in [0.29, 0.717) is 32.4 Å². The van der Waals surface area contributed by atoms with Crippen molar-refractivity contribution in [2.24, 2.45) is 0 Å². The molecule has 0 aliphatic carbocycles. The van der Waals surface area contributed by atoms with E-state index < -0.39 is 16.1 Å². The van der Waals surface area contributed by atoms with Crippen molar-refractivity contribution in [3.05, 3.63) is 60.7 Å². The number of rotatable bonds is 13. The lowest BCUT2D eigenvalue weighted by Crippen LogP contribution is -2.46. The molecule has 0 aliphatic heterocycles. The third-order valence-electron chi connectivity index (χ3n) is 4.33. The second-order valence-electron chi connectivity index (χ2n) is 6.27. The van der Waals surface area contributed by atoms with Crippen LogP contribution >= 0.6 is 7.29 Å². The number of nitrogens with one attached hydrogen (secondary N) is 1. The van der Waals surface area contributed by atoms with Crippen LogP contribution in [0, 0.1) is 0 Å². The van der Waals surface area contributed by atoms with Gasteiger partial charge in [-0.05, 0) is 51.5 Å². The molecule has 0 unspecified atom stereocenters. The highest BCUT2D eigenvalue weighted by Crippen LogP contribution is 2.38. The van der Waals surface area contributed by atoms with Crippen molar-refractivity contribution < 1.29 is 17.8 Å². The minimum absolute atomic E-state index is 0.562. The predicted octanol–water partition coefficient (Wildman–Crippen LogP) is 3.94. The molecule has 0 heterocycles. The minimum Gasteiger partial charge on any atom is -0.374 e. The van der Waals surface area contributed by atoms with Gasteiger partial charge in [-0.3, -0.25) is 9.65 Å². The van der Waals surface area contributed by atoms with Crippen molar-refractivity contribution in [3.63, 3.8) is 0 Å². The second-order valence-corrected chi connectivity index (χ2v) is 11.6. The van der Waals surface area contributed by atoms with Crippen molar-refractivity contribution in [2.45, 2.75) is 33.2 Å². The molecule has 0 spiro atoms. The van der Waals surface area contributed by atoms with Crippen molar-refractivity contribution in [2.75, 3.05) is 26.4 Å². The van der Waals surface area contributed by atoms with Crippen LogP contribution < -0.4 is 15.7 Å². The molecule has 5 nitrogen and oxygen atoms in total. The van der Waals surface area contributed by atoms with Gasteiger partial charge >= 0.3 is 8.80 Å². The first-order valence-electron chi connectivity index (χ1n) is 9.98. The van der Waals surface area contributed by atoms with Crippen LogP contribution in [0.1, 0.15) is 27.2 Å². The standard InChI is InChI=1S/C21H32NO4PSi/c1-4-24-28(25-5-2,26-6-3)19-13-18-22-27(23,20-14-9-7-10-15-20)21-16-11-8-12-17-21/h7-12,14-17H,4-6,13,18-19H2,1-3H3,(H,22,23). The molecule has 28 heavy (non-hydrogen) atoms. The van der Waals surface area contributed by atoms with E-state index >= 15 is 0 Å². The molecule has 0 atom stereocenters. The Labute approximate surface area is 170 Å². The van der Waals surface area contributed by atoms with Crippen molar-refractivity contribution in [1.29, 1.82) is 0 Å². The Morgan fingerprint density at radius 2 is 1.21 bits per heavy atom. The topological polar surface area (TPSA) is 56.8 Å². The average Bonchev–Trinajstić information content (AvgIpc) is 2.73. The summed E-state index contributed by atoms with van der Waals surface area (Å²) in [4.78, 5) is 0. The summed E-state index contributed by atoms with van der Waals surface area (Å²) in [5.41, 5.74) is 0. The van der Waals surface area contributed by atoms with E-state index in [9.17, 15) is 4.57 Å². The maximum atomic E-state index is 13.9. The van der Waals surface area contributed by atoms with E-state index in [1.54, 1.807) is 0 Å². The average molecular weight is 422 g/mol. The van der Waals surface area contributed by atoms with Gasteiger partial charge in [-0.15, -0.1) is 0 Å². The van der Waals surface area contributed by atoms with Crippen molar-refractivity contribution in [3.8, 4) is 0 Å². The fraction of sp³-hybridized carbons (Fsp3) is 0.429. The van der Waals surface area contributed by atoms with E-state index in [2.05, 4.69) is 5.09 Å². The predicted molar refractivity (Wildman–Crippen MR) is 118 cm³/mol. The molecule has 0 aromatic heterocycles. The van der Waals surface area contributed by atoms with Gasteiger partial charge in [0.05, 0.1) is 0 Å². The van der Waals surface area contributed by atoms with Gasteiger partial charge in [0.25, 0.3) is 0 Å². The maximum absolute atomic E-state index is 13.9. The maximum Gasteiger partial charge on any atom is 0.500 e. The first-order valence-corrected chi connectivity index (χ1v) is 13.6. The van der Waals surface area contributed by atoms with Crippen LogP contribution in [0.5, 0.6) is 0 Å². The van der Waals surface area contributed by atoms with Gasteiger partial charge in [0.15, 0.2) is 0 Å². The molecule has 0 bridgehead atoms. The van der Waals surface area contributed by atoms with E-state index in [4.69, 9.17) is 13.3 Å². The lowest BCUT2D eigenvalue weighted by molar-refractivity contribution is 0.0709. The third-order valence-corrected chi connectivity index (χ3v) is 10.2. The summed E-state index contributed by atoms with van der Waals surface area (Å²) in [7, 11) is -5.59. The van der Waals surface area contributed by atoms with E-state index in [-0.39, 0.29) is 0 Å². The lowest BCUT2D eigenvalue weighted by Gasteiger charge is -2.29. The molecule has 0 amide bonds. The molecule has 2 rings (SSSR count). The Morgan fingerprint density at radius 3 is 1.61 bits per heavy atom. The zero-order valence-electron chi connectivity index (χ0n) is 17.1. The monoisotopic (exact) mass is 421 g/mol. The zero-order valence-corrected chi connectivity index (χ0v) is 19.0. The summed E-state index contributed by atoms with van der Waals surface area (Å²) in [6.07, 6.45) is 0.760. The molecule has 2 aromatic rings. The molecular weight excluding hydrogens is 389 g/mol. The van der Waals surface area contributed by atoms with Crippen LogP contribution in [0.4, 0.5) is 0 Å². The minimum atomic E-state index is -2.91. The van der Waals surface area contributed by atoms with Gasteiger partial charge in [-0.1, -0.05) is 36.4 Å². The van der Waals surface area contributed by atoms with E-state index in [1.807, 2.05) is 81.4 Å². The SMILES string of the molecule is CCO[Si](CCCNP(=O)(c1ccccc1)c1ccccc1)(OCC)OCC. The summed E-state index contributed by atoms with van der Waals surface area (Å²) in [6.45, 7) is 8.14. The van der Waals surface area contributed by atoms with Crippen LogP contribution in [0.15, 0.2) is 60.7 Å². The van der Waals surface area contributed by atoms with Crippen LogP contribution in [0.25, 0.3) is 0 Å². The molecule has 0 saturated heterocycles. The first-order chi connectivity index (χ1) is 13.6. The smallest absolute Gasteiger partial charge is 0.374 e. The fourth-order valence-electron chi connectivity index (χ4n) is 3.15. The third kappa shape index (κ3) is 6.11. The number of benzene rings is 2. The Bertz CT molecular complexity index is 669. The van der Waals surface area contributed by atoms with Crippen LogP contribution in [-0.4, -0.2) is 35.2 Å². The molecule has 0 fully saturated rings. The summed E-state index contributed by atoms with van der Waals surface area (Å²) >= 11 is 0. The van der Waals surface area contributed by atoms with E-state index in [0.717, 1.165) is 17.0 Å². The number of hydrogen-bond acceptors (Lipinski definition) is 4. The summed E-state index contributed by atoms with van der Waals surface area (Å²) in [5, 5.41) is 4.96. The van der Waals surface area contributed by atoms with Gasteiger partial charge in [-0.2, -0.15) is 0 Å². The van der Waals surface area contributed by atoms with Crippen molar-refractivity contribution in [1.82, 2.24) is 5.09 Å². The quantitative estimate of drug-likeness (QED) is 0.302. The highest BCUT2D eigenvalue weighted by molar-refractivity contribution is 7.76. The fourth-order valence-corrected chi connectivity index (χ4v) is 8.08. The Kier molecular flexibility index (Phi) is 9.58. The molecule has 1 N–H and O–H groups in total. The van der Waals surface area contributed by atoms with Gasteiger partial charge < -0.3 is 13.3 Å². The van der Waals surface area contributed by atoms with Gasteiger partial charge in [-0.25, -0.2) is 0 Å². The summed E-state index contributed by atoms with van der Waals surface area (Å²) in [5.74, 6) is 0. The number of hydrogen-bond donors (Lipinski definition) is 1.